The number of benzene rings is 1. The number of ether oxygens (including phenoxy) is 3. The van der Waals surface area contributed by atoms with Crippen molar-refractivity contribution in [2.75, 3.05) is 20.8 Å². The molecule has 0 aliphatic heterocycles. The van der Waals surface area contributed by atoms with Crippen molar-refractivity contribution < 1.29 is 19.0 Å². The summed E-state index contributed by atoms with van der Waals surface area (Å²) in [4.78, 5) is 10.9. The van der Waals surface area contributed by atoms with E-state index in [-0.39, 0.29) is 19.1 Å². The van der Waals surface area contributed by atoms with Crippen molar-refractivity contribution in [2.45, 2.75) is 6.61 Å². The Balaban J connectivity index is 2.64. The van der Waals surface area contributed by atoms with Crippen molar-refractivity contribution in [3.8, 4) is 11.5 Å². The van der Waals surface area contributed by atoms with Crippen LogP contribution in [0.2, 0.25) is 0 Å². The van der Waals surface area contributed by atoms with Crippen LogP contribution in [0.4, 0.5) is 0 Å². The molecular weight excluding hydrogens is 224 g/mol. The summed E-state index contributed by atoms with van der Waals surface area (Å²) in [6, 6.07) is 5.36. The molecule has 94 valence electrons. The standard InChI is InChI=1S/C11H16N2O4/c1-15-9-3-4-10(16-2)8(5-9)6-17-7-11(14)13-12/h3-5H,6-7,12H2,1-2H3,(H,13,14). The lowest BCUT2D eigenvalue weighted by Gasteiger charge is -2.10. The number of nitrogens with one attached hydrogen (secondary N) is 1. The lowest BCUT2D eigenvalue weighted by molar-refractivity contribution is -0.126. The zero-order chi connectivity index (χ0) is 12.7. The van der Waals surface area contributed by atoms with Gasteiger partial charge in [0.15, 0.2) is 0 Å². The largest absolute Gasteiger partial charge is 0.497 e. The Morgan fingerprint density at radius 3 is 2.71 bits per heavy atom. The van der Waals surface area contributed by atoms with Crippen LogP contribution in [-0.4, -0.2) is 26.7 Å². The van der Waals surface area contributed by atoms with Crippen molar-refractivity contribution in [3.05, 3.63) is 23.8 Å². The van der Waals surface area contributed by atoms with Gasteiger partial charge < -0.3 is 14.2 Å². The molecule has 0 saturated heterocycles. The van der Waals surface area contributed by atoms with Crippen LogP contribution in [0.25, 0.3) is 0 Å². The van der Waals surface area contributed by atoms with Crippen molar-refractivity contribution >= 4 is 5.91 Å². The number of hydrazine groups is 1. The van der Waals surface area contributed by atoms with Gasteiger partial charge in [-0.25, -0.2) is 5.84 Å². The number of hydrogen-bond acceptors (Lipinski definition) is 5. The van der Waals surface area contributed by atoms with Gasteiger partial charge in [0.25, 0.3) is 5.91 Å². The molecule has 3 N–H and O–H groups in total. The summed E-state index contributed by atoms with van der Waals surface area (Å²) in [7, 11) is 3.15. The number of methoxy groups -OCH3 is 2. The van der Waals surface area contributed by atoms with E-state index in [2.05, 4.69) is 0 Å². The molecule has 0 spiro atoms. The smallest absolute Gasteiger partial charge is 0.259 e. The highest BCUT2D eigenvalue weighted by atomic mass is 16.5. The zero-order valence-corrected chi connectivity index (χ0v) is 9.86. The minimum absolute atomic E-state index is 0.100. The van der Waals surface area contributed by atoms with Crippen LogP contribution < -0.4 is 20.7 Å². The SMILES string of the molecule is COc1ccc(OC)c(COCC(=O)NN)c1. The van der Waals surface area contributed by atoms with E-state index in [0.29, 0.717) is 11.5 Å². The molecule has 0 heterocycles. The van der Waals surface area contributed by atoms with Crippen molar-refractivity contribution in [1.29, 1.82) is 0 Å². The van der Waals surface area contributed by atoms with Crippen LogP contribution in [0.3, 0.4) is 0 Å². The number of nitrogens with two attached hydrogens (primary N) is 1. The third-order valence-electron chi connectivity index (χ3n) is 2.14. The van der Waals surface area contributed by atoms with E-state index in [4.69, 9.17) is 20.1 Å². The average Bonchev–Trinajstić information content (AvgIpc) is 2.38. The monoisotopic (exact) mass is 240 g/mol. The summed E-state index contributed by atoms with van der Waals surface area (Å²) < 4.78 is 15.4. The maximum atomic E-state index is 10.9. The second kappa shape index (κ2) is 6.72. The Kier molecular flexibility index (Phi) is 5.25. The second-order valence-electron chi connectivity index (χ2n) is 3.24. The van der Waals surface area contributed by atoms with Crippen molar-refractivity contribution in [2.24, 2.45) is 5.84 Å². The third kappa shape index (κ3) is 3.93. The lowest BCUT2D eigenvalue weighted by Crippen LogP contribution is -2.33. The highest BCUT2D eigenvalue weighted by molar-refractivity contribution is 5.76. The summed E-state index contributed by atoms with van der Waals surface area (Å²) in [6.45, 7) is 0.144. The Labute approximate surface area is 99.6 Å². The fraction of sp³-hybridized carbons (Fsp3) is 0.364. The number of carbonyl (C=O) groups excluding carboxylic acids is 1. The Hall–Kier alpha value is -1.79. The van der Waals surface area contributed by atoms with Gasteiger partial charge in [-0.1, -0.05) is 0 Å². The van der Waals surface area contributed by atoms with E-state index in [0.717, 1.165) is 5.56 Å². The predicted octanol–water partition coefficient (Wildman–Crippen LogP) is 0.210. The van der Waals surface area contributed by atoms with Crippen LogP contribution >= 0.6 is 0 Å². The number of hydrogen-bond donors (Lipinski definition) is 2. The van der Waals surface area contributed by atoms with Crippen LogP contribution in [0.15, 0.2) is 18.2 Å². The van der Waals surface area contributed by atoms with Gasteiger partial charge in [0.1, 0.15) is 18.1 Å². The maximum Gasteiger partial charge on any atom is 0.259 e. The van der Waals surface area contributed by atoms with E-state index < -0.39 is 0 Å². The molecule has 6 heteroatoms. The fourth-order valence-corrected chi connectivity index (χ4v) is 1.29. The van der Waals surface area contributed by atoms with Crippen LogP contribution in [-0.2, 0) is 16.1 Å². The van der Waals surface area contributed by atoms with Crippen molar-refractivity contribution in [3.63, 3.8) is 0 Å². The molecule has 0 aromatic heterocycles. The van der Waals surface area contributed by atoms with Crippen LogP contribution in [0.1, 0.15) is 5.56 Å². The Morgan fingerprint density at radius 1 is 1.35 bits per heavy atom. The first-order valence-electron chi connectivity index (χ1n) is 4.99. The molecular formula is C11H16N2O4. The highest BCUT2D eigenvalue weighted by Gasteiger charge is 2.06. The van der Waals surface area contributed by atoms with Crippen LogP contribution in [0, 0.1) is 0 Å². The molecule has 0 saturated carbocycles. The van der Waals surface area contributed by atoms with Crippen molar-refractivity contribution in [1.82, 2.24) is 5.43 Å². The average molecular weight is 240 g/mol. The molecule has 1 rings (SSSR count). The van der Waals surface area contributed by atoms with Gasteiger partial charge in [-0.15, -0.1) is 0 Å². The van der Waals surface area contributed by atoms with Gasteiger partial charge in [0.2, 0.25) is 0 Å². The Morgan fingerprint density at radius 2 is 2.12 bits per heavy atom. The minimum atomic E-state index is -0.383. The molecule has 0 atom stereocenters. The molecule has 0 aliphatic carbocycles. The summed E-state index contributed by atoms with van der Waals surface area (Å²) in [6.07, 6.45) is 0. The van der Waals surface area contributed by atoms with E-state index in [1.165, 1.54) is 0 Å². The maximum absolute atomic E-state index is 10.9. The van der Waals surface area contributed by atoms with Gasteiger partial charge in [-0.2, -0.15) is 0 Å². The van der Waals surface area contributed by atoms with Gasteiger partial charge in [0.05, 0.1) is 20.8 Å². The molecule has 0 fully saturated rings. The van der Waals surface area contributed by atoms with Crippen LogP contribution in [0.5, 0.6) is 11.5 Å². The highest BCUT2D eigenvalue weighted by Crippen LogP contribution is 2.24. The fourth-order valence-electron chi connectivity index (χ4n) is 1.29. The number of carbonyl (C=O) groups is 1. The molecule has 0 radical (unpaired) electrons. The summed E-state index contributed by atoms with van der Waals surface area (Å²) in [5, 5.41) is 0. The number of rotatable bonds is 6. The molecule has 17 heavy (non-hydrogen) atoms. The normalized spacial score (nSPS) is 9.82. The second-order valence-corrected chi connectivity index (χ2v) is 3.24. The van der Waals surface area contributed by atoms with E-state index in [9.17, 15) is 4.79 Å². The number of amides is 1. The van der Waals surface area contributed by atoms with Gasteiger partial charge in [0, 0.05) is 5.56 Å². The minimum Gasteiger partial charge on any atom is -0.497 e. The summed E-state index contributed by atoms with van der Waals surface area (Å²) in [5.74, 6) is 5.93. The van der Waals surface area contributed by atoms with E-state index in [1.807, 2.05) is 5.43 Å². The molecule has 1 aromatic rings. The van der Waals surface area contributed by atoms with E-state index >= 15 is 0 Å². The van der Waals surface area contributed by atoms with E-state index in [1.54, 1.807) is 32.4 Å². The molecule has 0 unspecified atom stereocenters. The molecule has 1 aromatic carbocycles. The molecule has 6 nitrogen and oxygen atoms in total. The van der Waals surface area contributed by atoms with Gasteiger partial charge in [-0.3, -0.25) is 10.2 Å². The first-order chi connectivity index (χ1) is 8.21. The first kappa shape index (κ1) is 13.3. The lowest BCUT2D eigenvalue weighted by atomic mass is 10.2. The molecule has 1 amide bonds. The predicted molar refractivity (Wildman–Crippen MR) is 61.5 cm³/mol. The first-order valence-corrected chi connectivity index (χ1v) is 4.99. The van der Waals surface area contributed by atoms with Gasteiger partial charge >= 0.3 is 0 Å². The zero-order valence-electron chi connectivity index (χ0n) is 9.86. The summed E-state index contributed by atoms with van der Waals surface area (Å²) >= 11 is 0. The topological polar surface area (TPSA) is 82.8 Å². The third-order valence-corrected chi connectivity index (χ3v) is 2.14. The molecule has 0 aliphatic rings. The quantitative estimate of drug-likeness (QED) is 0.422. The summed E-state index contributed by atoms with van der Waals surface area (Å²) in [5.41, 5.74) is 2.78. The Bertz CT molecular complexity index is 382. The van der Waals surface area contributed by atoms with Gasteiger partial charge in [-0.05, 0) is 18.2 Å². The molecule has 0 bridgehead atoms.